The molecule has 2 heterocycles. The molecule has 7 heteroatoms. The maximum atomic E-state index is 6.09. The number of aromatic nitrogens is 3. The van der Waals surface area contributed by atoms with Crippen LogP contribution in [0.2, 0.25) is 5.02 Å². The van der Waals surface area contributed by atoms with E-state index in [4.69, 9.17) is 11.6 Å². The number of rotatable bonds is 7. The van der Waals surface area contributed by atoms with Gasteiger partial charge in [-0.05, 0) is 13.3 Å². The van der Waals surface area contributed by atoms with Gasteiger partial charge in [0, 0.05) is 24.9 Å². The predicted molar refractivity (Wildman–Crippen MR) is 84.9 cm³/mol. The van der Waals surface area contributed by atoms with Crippen LogP contribution in [0.1, 0.15) is 24.0 Å². The molecule has 20 heavy (non-hydrogen) atoms. The lowest BCUT2D eigenvalue weighted by Gasteiger charge is -2.09. The van der Waals surface area contributed by atoms with Gasteiger partial charge in [-0.2, -0.15) is 4.98 Å². The first-order valence-electron chi connectivity index (χ1n) is 6.60. The van der Waals surface area contributed by atoms with E-state index in [1.165, 1.54) is 0 Å². The van der Waals surface area contributed by atoms with Gasteiger partial charge in [-0.15, -0.1) is 11.3 Å². The normalized spacial score (nSPS) is 10.6. The number of nitrogens with one attached hydrogen (secondary N) is 2. The van der Waals surface area contributed by atoms with Crippen molar-refractivity contribution in [3.05, 3.63) is 27.3 Å². The fraction of sp³-hybridized carbons (Fsp3) is 0.462. The second-order valence-electron chi connectivity index (χ2n) is 4.35. The van der Waals surface area contributed by atoms with Crippen molar-refractivity contribution >= 4 is 34.7 Å². The zero-order chi connectivity index (χ0) is 14.4. The van der Waals surface area contributed by atoms with Crippen molar-refractivity contribution < 1.29 is 0 Å². The summed E-state index contributed by atoms with van der Waals surface area (Å²) in [4.78, 5) is 12.9. The van der Waals surface area contributed by atoms with Gasteiger partial charge in [-0.1, -0.05) is 18.5 Å². The molecule has 0 aromatic carbocycles. The highest BCUT2D eigenvalue weighted by Crippen LogP contribution is 2.19. The summed E-state index contributed by atoms with van der Waals surface area (Å²) in [5, 5.41) is 10.1. The second kappa shape index (κ2) is 7.40. The number of hydrogen-bond acceptors (Lipinski definition) is 6. The largest absolute Gasteiger partial charge is 0.368 e. The number of anilines is 2. The van der Waals surface area contributed by atoms with Gasteiger partial charge in [0.1, 0.15) is 10.8 Å². The van der Waals surface area contributed by atoms with E-state index < -0.39 is 0 Å². The third-order valence-corrected chi connectivity index (χ3v) is 3.72. The molecule has 0 saturated carbocycles. The Kier molecular flexibility index (Phi) is 5.55. The van der Waals surface area contributed by atoms with Crippen molar-refractivity contribution in [3.63, 3.8) is 0 Å². The zero-order valence-electron chi connectivity index (χ0n) is 11.6. The smallest absolute Gasteiger partial charge is 0.224 e. The molecule has 0 unspecified atom stereocenters. The van der Waals surface area contributed by atoms with Crippen molar-refractivity contribution in [2.75, 3.05) is 23.7 Å². The van der Waals surface area contributed by atoms with Crippen LogP contribution in [-0.4, -0.2) is 28.0 Å². The molecule has 2 aromatic rings. The minimum Gasteiger partial charge on any atom is -0.368 e. The van der Waals surface area contributed by atoms with Crippen molar-refractivity contribution in [1.29, 1.82) is 0 Å². The van der Waals surface area contributed by atoms with Gasteiger partial charge in [0.05, 0.1) is 16.9 Å². The van der Waals surface area contributed by atoms with Crippen LogP contribution in [0.25, 0.3) is 0 Å². The SMILES string of the molecule is CCCNc1ncc(Cl)c(NCCc2csc(C)n2)n1. The van der Waals surface area contributed by atoms with Crippen molar-refractivity contribution in [2.45, 2.75) is 26.7 Å². The van der Waals surface area contributed by atoms with Gasteiger partial charge in [0.15, 0.2) is 0 Å². The molecule has 0 amide bonds. The Morgan fingerprint density at radius 1 is 1.25 bits per heavy atom. The average molecular weight is 312 g/mol. The lowest BCUT2D eigenvalue weighted by atomic mass is 10.3. The first-order chi connectivity index (χ1) is 9.69. The Balaban J connectivity index is 1.90. The average Bonchev–Trinajstić information content (AvgIpc) is 2.85. The van der Waals surface area contributed by atoms with Gasteiger partial charge in [-0.3, -0.25) is 0 Å². The van der Waals surface area contributed by atoms with E-state index in [1.54, 1.807) is 17.5 Å². The van der Waals surface area contributed by atoms with Gasteiger partial charge < -0.3 is 10.6 Å². The monoisotopic (exact) mass is 311 g/mol. The maximum absolute atomic E-state index is 6.09. The van der Waals surface area contributed by atoms with E-state index >= 15 is 0 Å². The Labute approximate surface area is 127 Å². The molecule has 2 aromatic heterocycles. The minimum absolute atomic E-state index is 0.529. The molecule has 2 N–H and O–H groups in total. The van der Waals surface area contributed by atoms with Gasteiger partial charge in [0.25, 0.3) is 0 Å². The standard InChI is InChI=1S/C13H18ClN5S/c1-3-5-16-13-17-7-11(14)12(19-13)15-6-4-10-8-20-9(2)18-10/h7-8H,3-6H2,1-2H3,(H2,15,16,17,19). The molecule has 2 rings (SSSR count). The number of nitrogens with zero attached hydrogens (tertiary/aromatic N) is 3. The van der Waals surface area contributed by atoms with Crippen LogP contribution in [0.4, 0.5) is 11.8 Å². The first kappa shape index (κ1) is 15.0. The molecule has 0 spiro atoms. The van der Waals surface area contributed by atoms with E-state index in [-0.39, 0.29) is 0 Å². The van der Waals surface area contributed by atoms with Crippen LogP contribution >= 0.6 is 22.9 Å². The Hall–Kier alpha value is -1.40. The van der Waals surface area contributed by atoms with E-state index in [9.17, 15) is 0 Å². The molecule has 0 saturated heterocycles. The number of halogens is 1. The van der Waals surface area contributed by atoms with Crippen LogP contribution < -0.4 is 10.6 Å². The first-order valence-corrected chi connectivity index (χ1v) is 7.86. The molecule has 108 valence electrons. The molecule has 0 radical (unpaired) electrons. The summed E-state index contributed by atoms with van der Waals surface area (Å²) in [6.45, 7) is 5.69. The topological polar surface area (TPSA) is 62.7 Å². The molecule has 0 fully saturated rings. The Bertz CT molecular complexity index is 557. The quantitative estimate of drug-likeness (QED) is 0.821. The highest BCUT2D eigenvalue weighted by molar-refractivity contribution is 7.09. The van der Waals surface area contributed by atoms with E-state index in [0.29, 0.717) is 16.8 Å². The number of hydrogen-bond donors (Lipinski definition) is 2. The molecule has 0 bridgehead atoms. The van der Waals surface area contributed by atoms with Crippen molar-refractivity contribution in [2.24, 2.45) is 0 Å². The lowest BCUT2D eigenvalue weighted by Crippen LogP contribution is -2.10. The lowest BCUT2D eigenvalue weighted by molar-refractivity contribution is 0.939. The minimum atomic E-state index is 0.529. The van der Waals surface area contributed by atoms with Crippen LogP contribution in [0.15, 0.2) is 11.6 Å². The maximum Gasteiger partial charge on any atom is 0.224 e. The summed E-state index contributed by atoms with van der Waals surface area (Å²) in [5.74, 6) is 1.26. The summed E-state index contributed by atoms with van der Waals surface area (Å²) >= 11 is 7.75. The zero-order valence-corrected chi connectivity index (χ0v) is 13.2. The van der Waals surface area contributed by atoms with Crippen molar-refractivity contribution in [1.82, 2.24) is 15.0 Å². The summed E-state index contributed by atoms with van der Waals surface area (Å²) < 4.78 is 0. The molecule has 5 nitrogen and oxygen atoms in total. The Morgan fingerprint density at radius 2 is 2.10 bits per heavy atom. The second-order valence-corrected chi connectivity index (χ2v) is 5.82. The molecule has 0 atom stereocenters. The highest BCUT2D eigenvalue weighted by atomic mass is 35.5. The van der Waals surface area contributed by atoms with E-state index in [0.717, 1.165) is 36.6 Å². The molecule has 0 aliphatic carbocycles. The van der Waals surface area contributed by atoms with Gasteiger partial charge in [-0.25, -0.2) is 9.97 Å². The number of thiazole rings is 1. The van der Waals surface area contributed by atoms with Crippen LogP contribution in [0, 0.1) is 6.92 Å². The Morgan fingerprint density at radius 3 is 2.80 bits per heavy atom. The summed E-state index contributed by atoms with van der Waals surface area (Å²) in [6.07, 6.45) is 3.49. The van der Waals surface area contributed by atoms with E-state index in [2.05, 4.69) is 37.9 Å². The summed E-state index contributed by atoms with van der Waals surface area (Å²) in [5.41, 5.74) is 1.09. The third kappa shape index (κ3) is 4.31. The van der Waals surface area contributed by atoms with Crippen molar-refractivity contribution in [3.8, 4) is 0 Å². The summed E-state index contributed by atoms with van der Waals surface area (Å²) in [7, 11) is 0. The fourth-order valence-electron chi connectivity index (χ4n) is 1.65. The van der Waals surface area contributed by atoms with Crippen LogP contribution in [0.3, 0.4) is 0 Å². The highest BCUT2D eigenvalue weighted by Gasteiger charge is 2.05. The van der Waals surface area contributed by atoms with Crippen LogP contribution in [0.5, 0.6) is 0 Å². The third-order valence-electron chi connectivity index (χ3n) is 2.62. The number of aryl methyl sites for hydroxylation is 1. The predicted octanol–water partition coefficient (Wildman–Crippen LogP) is 3.37. The van der Waals surface area contributed by atoms with Crippen LogP contribution in [-0.2, 0) is 6.42 Å². The molecular formula is C13H18ClN5S. The fourth-order valence-corrected chi connectivity index (χ4v) is 2.45. The van der Waals surface area contributed by atoms with E-state index in [1.807, 2.05) is 6.92 Å². The molecule has 0 aliphatic heterocycles. The molecule has 0 aliphatic rings. The summed E-state index contributed by atoms with van der Waals surface area (Å²) in [6, 6.07) is 0. The van der Waals surface area contributed by atoms with Gasteiger partial charge >= 0.3 is 0 Å². The van der Waals surface area contributed by atoms with Gasteiger partial charge in [0.2, 0.25) is 5.95 Å². The molecular weight excluding hydrogens is 294 g/mol.